The fourth-order valence-electron chi connectivity index (χ4n) is 3.91. The van der Waals surface area contributed by atoms with Crippen LogP contribution in [0.1, 0.15) is 49.7 Å². The highest BCUT2D eigenvalue weighted by Gasteiger charge is 2.41. The molecule has 1 aliphatic rings. The number of methoxy groups -OCH3 is 1. The minimum absolute atomic E-state index is 0.253. The van der Waals surface area contributed by atoms with Crippen LogP contribution < -0.4 is 5.73 Å². The molecule has 0 radical (unpaired) electrons. The summed E-state index contributed by atoms with van der Waals surface area (Å²) in [6.07, 6.45) is 4.38. The SMILES string of the molecule is COCCCCC(O)(c1cccc(C)c1F)C1CCCCN(C(N)=O)C1. The van der Waals surface area contributed by atoms with E-state index < -0.39 is 11.6 Å². The number of unbranched alkanes of at least 4 members (excludes halogenated alkanes) is 1. The summed E-state index contributed by atoms with van der Waals surface area (Å²) in [4.78, 5) is 13.3. The molecule has 2 unspecified atom stereocenters. The predicted molar refractivity (Wildman–Crippen MR) is 99.3 cm³/mol. The average Bonchev–Trinajstić information content (AvgIpc) is 2.88. The fourth-order valence-corrected chi connectivity index (χ4v) is 3.91. The van der Waals surface area contributed by atoms with Crippen molar-refractivity contribution in [3.63, 3.8) is 0 Å². The van der Waals surface area contributed by atoms with Crippen molar-refractivity contribution >= 4 is 6.03 Å². The van der Waals surface area contributed by atoms with Gasteiger partial charge in [-0.05, 0) is 44.6 Å². The lowest BCUT2D eigenvalue weighted by molar-refractivity contribution is -0.0460. The molecule has 0 aromatic heterocycles. The number of nitrogens with zero attached hydrogens (tertiary/aromatic N) is 1. The first-order valence-corrected chi connectivity index (χ1v) is 9.41. The smallest absolute Gasteiger partial charge is 0.314 e. The number of rotatable bonds is 7. The van der Waals surface area contributed by atoms with E-state index in [1.807, 2.05) is 0 Å². The normalized spacial score (nSPS) is 20.5. The van der Waals surface area contributed by atoms with E-state index in [0.29, 0.717) is 43.7 Å². The number of aliphatic hydroxyl groups is 1. The van der Waals surface area contributed by atoms with E-state index in [1.165, 1.54) is 0 Å². The third kappa shape index (κ3) is 4.74. The summed E-state index contributed by atoms with van der Waals surface area (Å²) in [5.41, 5.74) is 5.00. The Hall–Kier alpha value is -1.66. The Morgan fingerprint density at radius 2 is 2.19 bits per heavy atom. The second-order valence-corrected chi connectivity index (χ2v) is 7.29. The number of urea groups is 1. The number of aryl methyl sites for hydroxylation is 1. The number of ether oxygens (including phenoxy) is 1. The van der Waals surface area contributed by atoms with Crippen LogP contribution in [0.5, 0.6) is 0 Å². The number of hydrogen-bond donors (Lipinski definition) is 2. The number of benzene rings is 1. The molecular formula is C20H31FN2O3. The Bertz CT molecular complexity index is 611. The van der Waals surface area contributed by atoms with Crippen LogP contribution in [0.25, 0.3) is 0 Å². The highest BCUT2D eigenvalue weighted by Crippen LogP contribution is 2.41. The van der Waals surface area contributed by atoms with Gasteiger partial charge in [0.1, 0.15) is 5.82 Å². The summed E-state index contributed by atoms with van der Waals surface area (Å²) in [6, 6.07) is 4.66. The Labute approximate surface area is 155 Å². The second kappa shape index (κ2) is 9.33. The third-order valence-corrected chi connectivity index (χ3v) is 5.47. The molecule has 0 spiro atoms. The van der Waals surface area contributed by atoms with E-state index in [4.69, 9.17) is 10.5 Å². The second-order valence-electron chi connectivity index (χ2n) is 7.29. The van der Waals surface area contributed by atoms with Crippen LogP contribution in [0.3, 0.4) is 0 Å². The predicted octanol–water partition coefficient (Wildman–Crippen LogP) is 3.32. The van der Waals surface area contributed by atoms with Gasteiger partial charge in [-0.3, -0.25) is 0 Å². The summed E-state index contributed by atoms with van der Waals surface area (Å²) < 4.78 is 20.0. The van der Waals surface area contributed by atoms with Crippen molar-refractivity contribution in [1.29, 1.82) is 0 Å². The quantitative estimate of drug-likeness (QED) is 0.727. The summed E-state index contributed by atoms with van der Waals surface area (Å²) in [6.45, 7) is 3.24. The van der Waals surface area contributed by atoms with Crippen molar-refractivity contribution < 1.29 is 19.0 Å². The van der Waals surface area contributed by atoms with Gasteiger partial charge in [-0.2, -0.15) is 0 Å². The van der Waals surface area contributed by atoms with Crippen molar-refractivity contribution in [2.24, 2.45) is 11.7 Å². The van der Waals surface area contributed by atoms with Crippen molar-refractivity contribution in [2.75, 3.05) is 26.8 Å². The maximum absolute atomic E-state index is 14.9. The standard InChI is InChI=1S/C20H31FN2O3/c1-15-8-7-10-17(18(15)21)20(25,11-4-6-13-26-2)16-9-3-5-12-23(14-16)19(22)24/h7-8,10,16,25H,3-6,9,11-14H2,1-2H3,(H2,22,24). The van der Waals surface area contributed by atoms with Crippen LogP contribution in [0.15, 0.2) is 18.2 Å². The van der Waals surface area contributed by atoms with E-state index in [-0.39, 0.29) is 11.7 Å². The first-order valence-electron chi connectivity index (χ1n) is 9.41. The molecule has 1 fully saturated rings. The zero-order chi connectivity index (χ0) is 19.2. The Morgan fingerprint density at radius 3 is 2.88 bits per heavy atom. The fraction of sp³-hybridized carbons (Fsp3) is 0.650. The molecule has 1 aromatic rings. The van der Waals surface area contributed by atoms with Gasteiger partial charge in [0, 0.05) is 38.3 Å². The molecule has 1 aliphatic heterocycles. The summed E-state index contributed by atoms with van der Waals surface area (Å²) in [5.74, 6) is -0.618. The van der Waals surface area contributed by atoms with Crippen molar-refractivity contribution in [3.8, 4) is 0 Å². The number of hydrogen-bond acceptors (Lipinski definition) is 3. The largest absolute Gasteiger partial charge is 0.385 e. The average molecular weight is 366 g/mol. The van der Waals surface area contributed by atoms with Gasteiger partial charge in [0.05, 0.1) is 5.60 Å². The molecule has 146 valence electrons. The summed E-state index contributed by atoms with van der Waals surface area (Å²) in [7, 11) is 1.64. The molecule has 2 amide bonds. The highest BCUT2D eigenvalue weighted by atomic mass is 19.1. The van der Waals surface area contributed by atoms with E-state index in [0.717, 1.165) is 25.7 Å². The van der Waals surface area contributed by atoms with Crippen molar-refractivity contribution in [1.82, 2.24) is 4.90 Å². The van der Waals surface area contributed by atoms with Crippen LogP contribution in [0.4, 0.5) is 9.18 Å². The number of nitrogens with two attached hydrogens (primary N) is 1. The number of carbonyl (C=O) groups is 1. The number of carbonyl (C=O) groups excluding carboxylic acids is 1. The minimum Gasteiger partial charge on any atom is -0.385 e. The Balaban J connectivity index is 2.35. The van der Waals surface area contributed by atoms with Gasteiger partial charge in [0.15, 0.2) is 0 Å². The molecule has 2 rings (SSSR count). The minimum atomic E-state index is -1.33. The van der Waals surface area contributed by atoms with Gasteiger partial charge in [-0.25, -0.2) is 9.18 Å². The van der Waals surface area contributed by atoms with Crippen LogP contribution in [0.2, 0.25) is 0 Å². The van der Waals surface area contributed by atoms with Crippen molar-refractivity contribution in [3.05, 3.63) is 35.1 Å². The van der Waals surface area contributed by atoms with Gasteiger partial charge < -0.3 is 20.5 Å². The van der Waals surface area contributed by atoms with Gasteiger partial charge in [0.25, 0.3) is 0 Å². The molecule has 5 nitrogen and oxygen atoms in total. The molecule has 6 heteroatoms. The highest BCUT2D eigenvalue weighted by molar-refractivity contribution is 5.72. The van der Waals surface area contributed by atoms with E-state index in [9.17, 15) is 14.3 Å². The summed E-state index contributed by atoms with van der Waals surface area (Å²) in [5, 5.41) is 11.7. The Kier molecular flexibility index (Phi) is 7.41. The van der Waals surface area contributed by atoms with Gasteiger partial charge in [-0.1, -0.05) is 24.6 Å². The lowest BCUT2D eigenvalue weighted by Crippen LogP contribution is -2.45. The summed E-state index contributed by atoms with van der Waals surface area (Å²) >= 11 is 0. The van der Waals surface area contributed by atoms with Gasteiger partial charge in [-0.15, -0.1) is 0 Å². The van der Waals surface area contributed by atoms with Crippen LogP contribution in [-0.2, 0) is 10.3 Å². The first kappa shape index (κ1) is 20.6. The number of amides is 2. The molecule has 0 aliphatic carbocycles. The molecule has 26 heavy (non-hydrogen) atoms. The van der Waals surface area contributed by atoms with Gasteiger partial charge in [0.2, 0.25) is 0 Å². The molecule has 1 heterocycles. The van der Waals surface area contributed by atoms with Gasteiger partial charge >= 0.3 is 6.03 Å². The molecule has 1 saturated heterocycles. The van der Waals surface area contributed by atoms with Crippen LogP contribution >= 0.6 is 0 Å². The van der Waals surface area contributed by atoms with E-state index in [2.05, 4.69) is 0 Å². The molecule has 1 aromatic carbocycles. The zero-order valence-corrected chi connectivity index (χ0v) is 15.8. The maximum atomic E-state index is 14.9. The van der Waals surface area contributed by atoms with Crippen LogP contribution in [-0.4, -0.2) is 42.8 Å². The topological polar surface area (TPSA) is 75.8 Å². The molecule has 3 N–H and O–H groups in total. The monoisotopic (exact) mass is 366 g/mol. The van der Waals surface area contributed by atoms with Crippen LogP contribution in [0, 0.1) is 18.7 Å². The number of halogens is 1. The molecule has 2 atom stereocenters. The van der Waals surface area contributed by atoms with Crippen molar-refractivity contribution in [2.45, 2.75) is 51.0 Å². The lowest BCUT2D eigenvalue weighted by Gasteiger charge is -2.38. The first-order chi connectivity index (χ1) is 12.4. The number of primary amides is 1. The molecular weight excluding hydrogens is 335 g/mol. The van der Waals surface area contributed by atoms with E-state index >= 15 is 0 Å². The number of likely N-dealkylation sites (tertiary alicyclic amines) is 1. The maximum Gasteiger partial charge on any atom is 0.314 e. The third-order valence-electron chi connectivity index (χ3n) is 5.47. The van der Waals surface area contributed by atoms with E-state index in [1.54, 1.807) is 37.1 Å². The Morgan fingerprint density at radius 1 is 1.42 bits per heavy atom. The molecule has 0 saturated carbocycles. The zero-order valence-electron chi connectivity index (χ0n) is 15.8. The molecule has 0 bridgehead atoms. The lowest BCUT2D eigenvalue weighted by atomic mass is 9.75.